The standard InChI is InChI=1S/C19H23N5OS2/c1-4-13-5-7-14(8-6-13)20-18-21-15(11-26-18)10-16(25)22-19-24-23-17(27-19)9-12(2)3/h5-8,11-12H,4,9-10H2,1-3H3,(H,20,21)(H,22,24,25). The summed E-state index contributed by atoms with van der Waals surface area (Å²) in [6.45, 7) is 6.39. The highest BCUT2D eigenvalue weighted by Gasteiger charge is 2.12. The molecule has 0 aliphatic heterocycles. The van der Waals surface area contributed by atoms with Crippen LogP contribution in [0.3, 0.4) is 0 Å². The van der Waals surface area contributed by atoms with Gasteiger partial charge in [0.05, 0.1) is 12.1 Å². The van der Waals surface area contributed by atoms with Gasteiger partial charge < -0.3 is 10.6 Å². The Hall–Kier alpha value is -2.32. The monoisotopic (exact) mass is 401 g/mol. The van der Waals surface area contributed by atoms with Gasteiger partial charge in [-0.15, -0.1) is 21.5 Å². The highest BCUT2D eigenvalue weighted by molar-refractivity contribution is 7.15. The van der Waals surface area contributed by atoms with E-state index in [1.165, 1.54) is 28.2 Å². The second-order valence-corrected chi connectivity index (χ2v) is 8.56. The van der Waals surface area contributed by atoms with E-state index in [0.717, 1.165) is 34.4 Å². The lowest BCUT2D eigenvalue weighted by atomic mass is 10.1. The van der Waals surface area contributed by atoms with Crippen LogP contribution < -0.4 is 10.6 Å². The minimum atomic E-state index is -0.133. The van der Waals surface area contributed by atoms with Crippen molar-refractivity contribution in [2.75, 3.05) is 10.6 Å². The van der Waals surface area contributed by atoms with Crippen LogP contribution >= 0.6 is 22.7 Å². The zero-order valence-electron chi connectivity index (χ0n) is 15.7. The molecule has 3 rings (SSSR count). The molecular formula is C19H23N5OS2. The van der Waals surface area contributed by atoms with Crippen molar-refractivity contribution in [3.8, 4) is 0 Å². The number of anilines is 3. The second-order valence-electron chi connectivity index (χ2n) is 6.64. The first kappa shape index (κ1) is 19.4. The first-order valence-electron chi connectivity index (χ1n) is 8.94. The van der Waals surface area contributed by atoms with Crippen molar-refractivity contribution in [2.24, 2.45) is 5.92 Å². The van der Waals surface area contributed by atoms with Gasteiger partial charge in [-0.2, -0.15) is 0 Å². The fourth-order valence-corrected chi connectivity index (χ4v) is 4.16. The molecule has 0 saturated carbocycles. The van der Waals surface area contributed by atoms with Crippen LogP contribution in [0.15, 0.2) is 29.6 Å². The average molecular weight is 402 g/mol. The van der Waals surface area contributed by atoms with Crippen molar-refractivity contribution in [1.29, 1.82) is 0 Å². The number of hydrogen-bond acceptors (Lipinski definition) is 7. The van der Waals surface area contributed by atoms with Crippen LogP contribution in [0.5, 0.6) is 0 Å². The molecular weight excluding hydrogens is 378 g/mol. The third-order valence-corrected chi connectivity index (χ3v) is 5.47. The molecule has 0 fully saturated rings. The molecule has 27 heavy (non-hydrogen) atoms. The molecule has 8 heteroatoms. The number of aromatic nitrogens is 3. The minimum absolute atomic E-state index is 0.133. The maximum Gasteiger partial charge on any atom is 0.232 e. The number of rotatable bonds is 8. The Labute approximate surface area is 167 Å². The van der Waals surface area contributed by atoms with Crippen LogP contribution in [0.25, 0.3) is 0 Å². The van der Waals surface area contributed by atoms with E-state index in [1.54, 1.807) is 0 Å². The van der Waals surface area contributed by atoms with Crippen LogP contribution in [0, 0.1) is 5.92 Å². The molecule has 0 unspecified atom stereocenters. The molecule has 6 nitrogen and oxygen atoms in total. The zero-order chi connectivity index (χ0) is 19.2. The number of aryl methyl sites for hydroxylation is 1. The predicted molar refractivity (Wildman–Crippen MR) is 112 cm³/mol. The number of carbonyl (C=O) groups excluding carboxylic acids is 1. The van der Waals surface area contributed by atoms with Crippen molar-refractivity contribution in [1.82, 2.24) is 15.2 Å². The first-order chi connectivity index (χ1) is 13.0. The van der Waals surface area contributed by atoms with Crippen LogP contribution in [-0.2, 0) is 24.1 Å². The van der Waals surface area contributed by atoms with E-state index in [4.69, 9.17) is 0 Å². The summed E-state index contributed by atoms with van der Waals surface area (Å²) in [5.41, 5.74) is 3.02. The number of hydrogen-bond donors (Lipinski definition) is 2. The normalized spacial score (nSPS) is 11.0. The van der Waals surface area contributed by atoms with Gasteiger partial charge >= 0.3 is 0 Å². The summed E-state index contributed by atoms with van der Waals surface area (Å²) in [7, 11) is 0. The van der Waals surface area contributed by atoms with Crippen LogP contribution in [0.2, 0.25) is 0 Å². The lowest BCUT2D eigenvalue weighted by Crippen LogP contribution is -2.14. The Morgan fingerprint density at radius 1 is 1.15 bits per heavy atom. The Kier molecular flexibility index (Phi) is 6.52. The van der Waals surface area contributed by atoms with Gasteiger partial charge in [-0.05, 0) is 30.0 Å². The Bertz CT molecular complexity index is 886. The van der Waals surface area contributed by atoms with Gasteiger partial charge in [0.1, 0.15) is 5.01 Å². The van der Waals surface area contributed by atoms with Crippen LogP contribution in [0.1, 0.15) is 37.0 Å². The third kappa shape index (κ3) is 5.83. The van der Waals surface area contributed by atoms with Gasteiger partial charge in [0.25, 0.3) is 0 Å². The lowest BCUT2D eigenvalue weighted by Gasteiger charge is -2.03. The summed E-state index contributed by atoms with van der Waals surface area (Å²) in [4.78, 5) is 16.7. The summed E-state index contributed by atoms with van der Waals surface area (Å²) in [5, 5.41) is 18.4. The summed E-state index contributed by atoms with van der Waals surface area (Å²) in [5.74, 6) is 0.381. The second kappa shape index (κ2) is 9.05. The molecule has 142 valence electrons. The fraction of sp³-hybridized carbons (Fsp3) is 0.368. The molecule has 3 aromatic rings. The molecule has 1 amide bonds. The molecule has 2 heterocycles. The van der Waals surface area contributed by atoms with Crippen molar-refractivity contribution >= 4 is 44.5 Å². The largest absolute Gasteiger partial charge is 0.332 e. The topological polar surface area (TPSA) is 79.8 Å². The van der Waals surface area contributed by atoms with Gasteiger partial charge in [-0.1, -0.05) is 44.2 Å². The van der Waals surface area contributed by atoms with Gasteiger partial charge in [0, 0.05) is 17.5 Å². The Balaban J connectivity index is 1.53. The maximum atomic E-state index is 12.2. The highest BCUT2D eigenvalue weighted by atomic mass is 32.1. The highest BCUT2D eigenvalue weighted by Crippen LogP contribution is 2.22. The molecule has 0 spiro atoms. The molecule has 2 N–H and O–H groups in total. The zero-order valence-corrected chi connectivity index (χ0v) is 17.3. The van der Waals surface area contributed by atoms with Crippen molar-refractivity contribution in [2.45, 2.75) is 40.0 Å². The van der Waals surface area contributed by atoms with E-state index in [-0.39, 0.29) is 12.3 Å². The van der Waals surface area contributed by atoms with Gasteiger partial charge in [0.2, 0.25) is 11.0 Å². The summed E-state index contributed by atoms with van der Waals surface area (Å²) in [6, 6.07) is 8.27. The van der Waals surface area contributed by atoms with E-state index in [2.05, 4.69) is 58.7 Å². The molecule has 0 atom stereocenters. The predicted octanol–water partition coefficient (Wildman–Crippen LogP) is 4.68. The van der Waals surface area contributed by atoms with E-state index >= 15 is 0 Å². The van der Waals surface area contributed by atoms with Gasteiger partial charge in [0.15, 0.2) is 5.13 Å². The van der Waals surface area contributed by atoms with E-state index in [0.29, 0.717) is 11.0 Å². The number of thiazole rings is 1. The number of carbonyl (C=O) groups is 1. The van der Waals surface area contributed by atoms with Crippen LogP contribution in [0.4, 0.5) is 16.0 Å². The minimum Gasteiger partial charge on any atom is -0.332 e. The number of amides is 1. The summed E-state index contributed by atoms with van der Waals surface area (Å²) < 4.78 is 0. The molecule has 2 aromatic heterocycles. The third-order valence-electron chi connectivity index (χ3n) is 3.80. The summed E-state index contributed by atoms with van der Waals surface area (Å²) >= 11 is 2.91. The number of benzene rings is 1. The molecule has 1 aromatic carbocycles. The number of nitrogens with one attached hydrogen (secondary N) is 2. The number of nitrogens with zero attached hydrogens (tertiary/aromatic N) is 3. The van der Waals surface area contributed by atoms with E-state index in [1.807, 2.05) is 17.5 Å². The molecule has 0 saturated heterocycles. The smallest absolute Gasteiger partial charge is 0.232 e. The maximum absolute atomic E-state index is 12.2. The van der Waals surface area contributed by atoms with E-state index in [9.17, 15) is 4.79 Å². The van der Waals surface area contributed by atoms with Gasteiger partial charge in [-0.3, -0.25) is 4.79 Å². The molecule has 0 radical (unpaired) electrons. The van der Waals surface area contributed by atoms with Crippen molar-refractivity contribution in [3.05, 3.63) is 45.9 Å². The average Bonchev–Trinajstić information content (AvgIpc) is 3.24. The fourth-order valence-electron chi connectivity index (χ4n) is 2.46. The molecule has 0 bridgehead atoms. The molecule has 0 aliphatic carbocycles. The molecule has 0 aliphatic rings. The summed E-state index contributed by atoms with van der Waals surface area (Å²) in [6.07, 6.45) is 2.10. The van der Waals surface area contributed by atoms with Crippen molar-refractivity contribution in [3.63, 3.8) is 0 Å². The van der Waals surface area contributed by atoms with Crippen LogP contribution in [-0.4, -0.2) is 21.1 Å². The SMILES string of the molecule is CCc1ccc(Nc2nc(CC(=O)Nc3nnc(CC(C)C)s3)cs2)cc1. The Morgan fingerprint density at radius 2 is 1.93 bits per heavy atom. The lowest BCUT2D eigenvalue weighted by molar-refractivity contribution is -0.115. The first-order valence-corrected chi connectivity index (χ1v) is 10.6. The van der Waals surface area contributed by atoms with Gasteiger partial charge in [-0.25, -0.2) is 4.98 Å². The van der Waals surface area contributed by atoms with E-state index < -0.39 is 0 Å². The van der Waals surface area contributed by atoms with Crippen molar-refractivity contribution < 1.29 is 4.79 Å². The quantitative estimate of drug-likeness (QED) is 0.573. The Morgan fingerprint density at radius 3 is 2.63 bits per heavy atom.